The third-order valence-electron chi connectivity index (χ3n) is 1.82. The normalized spacial score (nSPS) is 8.67. The Morgan fingerprint density at radius 3 is 2.05 bits per heavy atom. The molecule has 0 aliphatic carbocycles. The lowest BCUT2D eigenvalue weighted by atomic mass is 10.4. The molecule has 0 aliphatic heterocycles. The second-order valence-electron chi connectivity index (χ2n) is 3.00. The second kappa shape index (κ2) is 9.02. The fourth-order valence-corrected chi connectivity index (χ4v) is 1.51. The molecule has 0 fully saturated rings. The van der Waals surface area contributed by atoms with Gasteiger partial charge in [-0.25, -0.2) is 15.0 Å². The summed E-state index contributed by atoms with van der Waals surface area (Å²) in [6.45, 7) is 0. The highest BCUT2D eigenvalue weighted by Crippen LogP contribution is 2.16. The lowest BCUT2D eigenvalue weighted by Crippen LogP contribution is -2.10. The molecular weight excluding hydrogens is 341 g/mol. The van der Waals surface area contributed by atoms with E-state index < -0.39 is 5.56 Å². The number of nitrogens with one attached hydrogen (secondary N) is 1. The van der Waals surface area contributed by atoms with Crippen LogP contribution in [0.3, 0.4) is 0 Å². The number of hydrogen-bond donors (Lipinski definition) is 1. The third kappa shape index (κ3) is 5.11. The van der Waals surface area contributed by atoms with Gasteiger partial charge < -0.3 is 4.98 Å². The predicted molar refractivity (Wildman–Crippen MR) is 78.8 cm³/mol. The van der Waals surface area contributed by atoms with Crippen molar-refractivity contribution in [2.75, 3.05) is 0 Å². The Morgan fingerprint density at radius 1 is 1.14 bits per heavy atom. The van der Waals surface area contributed by atoms with E-state index in [1.165, 1.54) is 6.33 Å². The molecule has 0 aliphatic rings. The summed E-state index contributed by atoms with van der Waals surface area (Å²) in [6.07, 6.45) is 2.85. The third-order valence-corrected chi connectivity index (χ3v) is 2.71. The minimum absolute atomic E-state index is 0. The molecule has 0 aromatic carbocycles. The fraction of sp³-hybridized carbons (Fsp3) is 0.0909. The molecule has 0 spiro atoms. The van der Waals surface area contributed by atoms with Crippen molar-refractivity contribution in [3.63, 3.8) is 0 Å². The van der Waals surface area contributed by atoms with Crippen LogP contribution in [0, 0.1) is 11.3 Å². The highest BCUT2D eigenvalue weighted by molar-refractivity contribution is 6.36. The van der Waals surface area contributed by atoms with Crippen molar-refractivity contribution in [1.82, 2.24) is 19.9 Å². The predicted octanol–water partition coefficient (Wildman–Crippen LogP) is 2.53. The highest BCUT2D eigenvalue weighted by Gasteiger charge is 2.04. The molecule has 10 heteroatoms. The SMILES string of the molecule is C.N#Cc1c(Cl)nc[nH]c1=O.O=Cc1c(Cl)ncnc1Cl. The van der Waals surface area contributed by atoms with Crippen molar-refractivity contribution in [2.24, 2.45) is 0 Å². The first kappa shape index (κ1) is 19.0. The first-order valence-corrected chi connectivity index (χ1v) is 5.89. The maximum atomic E-state index is 10.7. The van der Waals surface area contributed by atoms with Gasteiger partial charge >= 0.3 is 0 Å². The van der Waals surface area contributed by atoms with Crippen molar-refractivity contribution in [3.8, 4) is 6.07 Å². The van der Waals surface area contributed by atoms with Gasteiger partial charge in [0, 0.05) is 0 Å². The number of hydrogen-bond acceptors (Lipinski definition) is 6. The molecule has 0 bridgehead atoms. The van der Waals surface area contributed by atoms with E-state index in [1.807, 2.05) is 0 Å². The Balaban J connectivity index is 0.000000364. The lowest BCUT2D eigenvalue weighted by molar-refractivity contribution is 0.112. The largest absolute Gasteiger partial charge is 0.312 e. The van der Waals surface area contributed by atoms with Gasteiger partial charge in [-0.1, -0.05) is 42.2 Å². The molecule has 2 aromatic rings. The molecule has 1 N–H and O–H groups in total. The number of nitriles is 1. The monoisotopic (exact) mass is 347 g/mol. The van der Waals surface area contributed by atoms with Crippen LogP contribution in [0.4, 0.5) is 0 Å². The first-order chi connectivity index (χ1) is 9.51. The van der Waals surface area contributed by atoms with Crippen LogP contribution in [-0.4, -0.2) is 26.2 Å². The molecule has 2 aromatic heterocycles. The number of nitrogens with zero attached hydrogens (tertiary/aromatic N) is 4. The zero-order valence-electron chi connectivity index (χ0n) is 9.47. The van der Waals surface area contributed by atoms with Crippen molar-refractivity contribution in [2.45, 2.75) is 7.43 Å². The van der Waals surface area contributed by atoms with Gasteiger partial charge in [-0.05, 0) is 0 Å². The standard InChI is InChI=1S/C5H2Cl2N2O.C5H2ClN3O.CH4/c6-4-3(1-10)5(7)9-2-8-4;6-4-3(1-7)5(10)9-2-8-4;/h1-2H;2H,(H,8,9,10);1H4. The van der Waals surface area contributed by atoms with E-state index >= 15 is 0 Å². The van der Waals surface area contributed by atoms with Crippen molar-refractivity contribution in [3.05, 3.63) is 49.6 Å². The zero-order valence-corrected chi connectivity index (χ0v) is 11.7. The molecule has 0 saturated heterocycles. The van der Waals surface area contributed by atoms with Crippen molar-refractivity contribution >= 4 is 41.1 Å². The summed E-state index contributed by atoms with van der Waals surface area (Å²) >= 11 is 16.3. The van der Waals surface area contributed by atoms with E-state index in [2.05, 4.69) is 19.9 Å². The van der Waals surface area contributed by atoms with Gasteiger partial charge in [0.25, 0.3) is 5.56 Å². The summed E-state index contributed by atoms with van der Waals surface area (Å²) in [6, 6.07) is 1.63. The van der Waals surface area contributed by atoms with Gasteiger partial charge in [0.15, 0.2) is 17.0 Å². The van der Waals surface area contributed by atoms with Gasteiger partial charge in [-0.3, -0.25) is 9.59 Å². The topological polar surface area (TPSA) is 112 Å². The average molecular weight is 349 g/mol. The number of H-pyrrole nitrogens is 1. The number of aldehydes is 1. The number of rotatable bonds is 1. The van der Waals surface area contributed by atoms with E-state index in [0.29, 0.717) is 6.29 Å². The molecule has 0 saturated carbocycles. The average Bonchev–Trinajstić information content (AvgIpc) is 2.40. The van der Waals surface area contributed by atoms with Gasteiger partial charge in [0.05, 0.1) is 11.9 Å². The molecule has 21 heavy (non-hydrogen) atoms. The molecular formula is C11H8Cl3N5O2. The summed E-state index contributed by atoms with van der Waals surface area (Å²) in [5, 5.41) is 8.40. The second-order valence-corrected chi connectivity index (χ2v) is 4.07. The Hall–Kier alpha value is -2.01. The minimum atomic E-state index is -0.512. The fourth-order valence-electron chi connectivity index (χ4n) is 0.927. The Labute approximate surface area is 134 Å². The maximum Gasteiger partial charge on any atom is 0.270 e. The first-order valence-electron chi connectivity index (χ1n) is 4.75. The summed E-state index contributed by atoms with van der Waals surface area (Å²) in [4.78, 5) is 33.7. The number of carbonyl (C=O) groups excluding carboxylic acids is 1. The van der Waals surface area contributed by atoms with E-state index in [4.69, 9.17) is 40.1 Å². The Kier molecular flexibility index (Phi) is 8.16. The molecule has 0 unspecified atom stereocenters. The Morgan fingerprint density at radius 2 is 1.71 bits per heavy atom. The number of aromatic nitrogens is 4. The van der Waals surface area contributed by atoms with Crippen molar-refractivity contribution in [1.29, 1.82) is 5.26 Å². The summed E-state index contributed by atoms with van der Waals surface area (Å²) in [5.74, 6) is 0. The van der Waals surface area contributed by atoms with Crippen LogP contribution >= 0.6 is 34.8 Å². The van der Waals surface area contributed by atoms with E-state index in [0.717, 1.165) is 6.33 Å². The number of carbonyl (C=O) groups is 1. The van der Waals surface area contributed by atoms with Crippen LogP contribution in [-0.2, 0) is 0 Å². The van der Waals surface area contributed by atoms with Gasteiger partial charge in [0.2, 0.25) is 0 Å². The molecule has 110 valence electrons. The molecule has 2 rings (SSSR count). The highest BCUT2D eigenvalue weighted by atomic mass is 35.5. The van der Waals surface area contributed by atoms with E-state index in [-0.39, 0.29) is 34.0 Å². The molecule has 0 amide bonds. The van der Waals surface area contributed by atoms with Gasteiger partial charge in [0.1, 0.15) is 22.7 Å². The number of aromatic amines is 1. The van der Waals surface area contributed by atoms with Crippen LogP contribution in [0.1, 0.15) is 23.3 Å². The van der Waals surface area contributed by atoms with Crippen LogP contribution in [0.25, 0.3) is 0 Å². The quantitative estimate of drug-likeness (QED) is 0.626. The molecule has 2 heterocycles. The van der Waals surface area contributed by atoms with Crippen LogP contribution in [0.2, 0.25) is 15.5 Å². The number of halogens is 3. The minimum Gasteiger partial charge on any atom is -0.312 e. The van der Waals surface area contributed by atoms with Gasteiger partial charge in [-0.15, -0.1) is 0 Å². The van der Waals surface area contributed by atoms with Crippen LogP contribution in [0.15, 0.2) is 17.4 Å². The molecule has 0 atom stereocenters. The maximum absolute atomic E-state index is 10.7. The van der Waals surface area contributed by atoms with Crippen LogP contribution < -0.4 is 5.56 Å². The summed E-state index contributed by atoms with van der Waals surface area (Å²) in [5.41, 5.74) is -0.530. The smallest absolute Gasteiger partial charge is 0.270 e. The molecule has 7 nitrogen and oxygen atoms in total. The van der Waals surface area contributed by atoms with Crippen molar-refractivity contribution < 1.29 is 4.79 Å². The zero-order chi connectivity index (χ0) is 15.1. The van der Waals surface area contributed by atoms with E-state index in [9.17, 15) is 9.59 Å². The lowest BCUT2D eigenvalue weighted by Gasteiger charge is -1.93. The summed E-state index contributed by atoms with van der Waals surface area (Å²) < 4.78 is 0. The molecule has 0 radical (unpaired) electrons. The van der Waals surface area contributed by atoms with Crippen LogP contribution in [0.5, 0.6) is 0 Å². The summed E-state index contributed by atoms with van der Waals surface area (Å²) in [7, 11) is 0. The van der Waals surface area contributed by atoms with Gasteiger partial charge in [-0.2, -0.15) is 5.26 Å². The Bertz CT molecular complexity index is 706. The van der Waals surface area contributed by atoms with E-state index in [1.54, 1.807) is 6.07 Å².